The summed E-state index contributed by atoms with van der Waals surface area (Å²) < 4.78 is 26.6. The van der Waals surface area contributed by atoms with Gasteiger partial charge < -0.3 is 33.4 Å². The number of benzene rings is 2. The van der Waals surface area contributed by atoms with Gasteiger partial charge in [0.25, 0.3) is 10.3 Å². The fourth-order valence-corrected chi connectivity index (χ4v) is 5.88. The molecule has 1 aliphatic rings. The zero-order valence-corrected chi connectivity index (χ0v) is 31.0. The fraction of sp³-hybridized carbons (Fsp3) is 0.351. The van der Waals surface area contributed by atoms with Crippen LogP contribution in [-0.2, 0) is 39.9 Å². The monoisotopic (exact) mass is 780 g/mol. The molecule has 1 fully saturated rings. The molecule has 0 N–H and O–H groups in total. The Bertz CT molecular complexity index is 1830. The van der Waals surface area contributed by atoms with Crippen LogP contribution < -0.4 is 19.1 Å². The van der Waals surface area contributed by atoms with Crippen LogP contribution in [-0.4, -0.2) is 96.5 Å². The lowest BCUT2D eigenvalue weighted by atomic mass is 10.1. The maximum Gasteiger partial charge on any atom is 0.330 e. The number of unbranched alkanes of at least 4 members (excludes halogenated alkanes) is 1. The van der Waals surface area contributed by atoms with Crippen LogP contribution in [0.5, 0.6) is 17.2 Å². The van der Waals surface area contributed by atoms with Gasteiger partial charge in [-0.15, -0.1) is 10.1 Å². The summed E-state index contributed by atoms with van der Waals surface area (Å²) in [6.45, 7) is 0.460. The van der Waals surface area contributed by atoms with E-state index in [-0.39, 0.29) is 44.0 Å². The first-order valence-corrected chi connectivity index (χ1v) is 17.9. The summed E-state index contributed by atoms with van der Waals surface area (Å²) in [5.41, 5.74) is 1.36. The van der Waals surface area contributed by atoms with Crippen molar-refractivity contribution in [2.24, 2.45) is 0 Å². The second-order valence-electron chi connectivity index (χ2n) is 11.7. The van der Waals surface area contributed by atoms with Crippen LogP contribution in [0, 0.1) is 10.1 Å². The Balaban J connectivity index is 1.14. The first-order valence-electron chi connectivity index (χ1n) is 17.0. The Morgan fingerprint density at radius 1 is 0.964 bits per heavy atom. The molecular weight excluding hydrogens is 740 g/mol. The van der Waals surface area contributed by atoms with Gasteiger partial charge in [-0.1, -0.05) is 36.0 Å². The van der Waals surface area contributed by atoms with Gasteiger partial charge in [-0.05, 0) is 72.9 Å². The molecule has 2 amide bonds. The van der Waals surface area contributed by atoms with Gasteiger partial charge in [0, 0.05) is 19.3 Å². The van der Waals surface area contributed by atoms with Crippen molar-refractivity contribution in [2.45, 2.75) is 37.4 Å². The highest BCUT2D eigenvalue weighted by Crippen LogP contribution is 2.31. The minimum Gasteiger partial charge on any atom is -0.493 e. The number of thioether (sulfide) groups is 1. The van der Waals surface area contributed by atoms with Crippen LogP contribution >= 0.6 is 11.8 Å². The summed E-state index contributed by atoms with van der Waals surface area (Å²) in [5, 5.41) is 8.00. The molecular formula is C37H40N4O13S. The van der Waals surface area contributed by atoms with E-state index in [1.165, 1.54) is 31.4 Å². The zero-order valence-electron chi connectivity index (χ0n) is 30.2. The van der Waals surface area contributed by atoms with Gasteiger partial charge in [0.1, 0.15) is 18.2 Å². The predicted octanol–water partition coefficient (Wildman–Crippen LogP) is 4.64. The van der Waals surface area contributed by atoms with Crippen LogP contribution in [0.4, 0.5) is 10.6 Å². The number of imide groups is 1. The highest BCUT2D eigenvalue weighted by Gasteiger charge is 2.40. The number of pyridine rings is 1. The Kier molecular flexibility index (Phi) is 16.3. The number of hydrogen-bond donors (Lipinski definition) is 0. The molecule has 2 heterocycles. The molecule has 55 heavy (non-hydrogen) atoms. The van der Waals surface area contributed by atoms with Crippen LogP contribution in [0.2, 0.25) is 0 Å². The van der Waals surface area contributed by atoms with Crippen molar-refractivity contribution in [3.63, 3.8) is 0 Å². The van der Waals surface area contributed by atoms with Gasteiger partial charge in [0.05, 0.1) is 45.0 Å². The van der Waals surface area contributed by atoms with Gasteiger partial charge in [0.15, 0.2) is 18.2 Å². The number of methoxy groups -OCH3 is 1. The SMILES string of the molecule is COc1cc(/C=C/C(=O)OCCCCO[N+](=O)[O-])ccc1OC(=O)CCC(=O)OCN1C(=O)SC(Cc2ccc(OCCN(C)c3ccccn3)cc2)C1=O. The van der Waals surface area contributed by atoms with E-state index in [1.54, 1.807) is 24.4 Å². The highest BCUT2D eigenvalue weighted by atomic mass is 32.2. The minimum absolute atomic E-state index is 0.0604. The van der Waals surface area contributed by atoms with Crippen molar-refractivity contribution in [3.05, 3.63) is 94.2 Å². The molecule has 292 valence electrons. The van der Waals surface area contributed by atoms with Crippen LogP contribution in [0.3, 0.4) is 0 Å². The number of esters is 3. The van der Waals surface area contributed by atoms with Crippen LogP contribution in [0.25, 0.3) is 6.08 Å². The number of ether oxygens (including phenoxy) is 5. The molecule has 1 aliphatic heterocycles. The van der Waals surface area contributed by atoms with Crippen LogP contribution in [0.15, 0.2) is 72.9 Å². The highest BCUT2D eigenvalue weighted by molar-refractivity contribution is 8.15. The molecule has 0 spiro atoms. The maximum atomic E-state index is 13.0. The van der Waals surface area contributed by atoms with Crippen molar-refractivity contribution >= 4 is 52.7 Å². The Morgan fingerprint density at radius 3 is 2.45 bits per heavy atom. The number of aromatic nitrogens is 1. The first-order chi connectivity index (χ1) is 26.5. The first kappa shape index (κ1) is 41.6. The molecule has 0 bridgehead atoms. The summed E-state index contributed by atoms with van der Waals surface area (Å²) in [6.07, 6.45) is 4.67. The van der Waals surface area contributed by atoms with Crippen molar-refractivity contribution in [3.8, 4) is 17.2 Å². The molecule has 1 aromatic heterocycles. The quantitative estimate of drug-likeness (QED) is 0.0340. The lowest BCUT2D eigenvalue weighted by Gasteiger charge is -2.18. The van der Waals surface area contributed by atoms with E-state index in [2.05, 4.69) is 9.82 Å². The van der Waals surface area contributed by atoms with Crippen molar-refractivity contribution in [2.75, 3.05) is 52.2 Å². The van der Waals surface area contributed by atoms with E-state index in [4.69, 9.17) is 23.7 Å². The number of rotatable bonds is 22. The fourth-order valence-electron chi connectivity index (χ4n) is 4.86. The zero-order chi connectivity index (χ0) is 39.6. The third-order valence-electron chi connectivity index (χ3n) is 7.78. The number of carbonyl (C=O) groups excluding carboxylic acids is 5. The van der Waals surface area contributed by atoms with Gasteiger partial charge in [0.2, 0.25) is 5.91 Å². The molecule has 3 aromatic rings. The largest absolute Gasteiger partial charge is 0.493 e. The number of nitrogens with zero attached hydrogens (tertiary/aromatic N) is 4. The average molecular weight is 781 g/mol. The Hall–Kier alpha value is -6.17. The maximum absolute atomic E-state index is 13.0. The molecule has 1 unspecified atom stereocenters. The van der Waals surface area contributed by atoms with Gasteiger partial charge in [-0.25, -0.2) is 14.7 Å². The van der Waals surface area contributed by atoms with Gasteiger partial charge >= 0.3 is 17.9 Å². The molecule has 4 rings (SSSR count). The van der Waals surface area contributed by atoms with E-state index in [1.807, 2.05) is 42.3 Å². The van der Waals surface area contributed by atoms with E-state index in [0.29, 0.717) is 37.3 Å². The lowest BCUT2D eigenvalue weighted by molar-refractivity contribution is -0.757. The lowest BCUT2D eigenvalue weighted by Crippen LogP contribution is -2.35. The molecule has 0 aliphatic carbocycles. The molecule has 18 heteroatoms. The summed E-state index contributed by atoms with van der Waals surface area (Å²) in [7, 11) is 3.28. The second-order valence-corrected chi connectivity index (χ2v) is 12.9. The molecule has 0 radical (unpaired) electrons. The summed E-state index contributed by atoms with van der Waals surface area (Å²) in [4.78, 5) is 83.8. The number of likely N-dealkylation sites (N-methyl/N-ethyl adjacent to an activating group) is 1. The van der Waals surface area contributed by atoms with Crippen LogP contribution in [0.1, 0.15) is 36.8 Å². The Morgan fingerprint density at radius 2 is 1.73 bits per heavy atom. The predicted molar refractivity (Wildman–Crippen MR) is 198 cm³/mol. The third-order valence-corrected chi connectivity index (χ3v) is 8.85. The summed E-state index contributed by atoms with van der Waals surface area (Å²) >= 11 is 0.851. The molecule has 1 saturated heterocycles. The van der Waals surface area contributed by atoms with E-state index >= 15 is 0 Å². The van der Waals surface area contributed by atoms with Crippen molar-refractivity contribution < 1.29 is 57.6 Å². The van der Waals surface area contributed by atoms with E-state index < -0.39 is 46.1 Å². The van der Waals surface area contributed by atoms with Gasteiger partial charge in [-0.2, -0.15) is 0 Å². The standard InChI is InChI=1S/C37H40N4O13S/c1-39(32-7-3-4-18-38-32)19-22-50-28-12-8-27(9-13-28)24-31-36(45)40(37(46)55-31)25-52-34(43)16-17-35(44)54-29-14-10-26(23-30(29)49-2)11-15-33(42)51-20-5-6-21-53-41(47)48/h3-4,7-15,18,23,31H,5-6,16-17,19-22,24-25H2,1-2H3/b15-11+. The summed E-state index contributed by atoms with van der Waals surface area (Å²) in [5.74, 6) is -0.929. The third kappa shape index (κ3) is 14.0. The average Bonchev–Trinajstić information content (AvgIpc) is 3.45. The number of hydrogen-bond acceptors (Lipinski definition) is 16. The normalized spacial score (nSPS) is 13.7. The van der Waals surface area contributed by atoms with Crippen molar-refractivity contribution in [1.82, 2.24) is 9.88 Å². The Labute approximate surface area is 320 Å². The van der Waals surface area contributed by atoms with E-state index in [0.717, 1.165) is 28.0 Å². The number of anilines is 1. The van der Waals surface area contributed by atoms with Crippen molar-refractivity contribution in [1.29, 1.82) is 0 Å². The minimum atomic E-state index is -0.890. The number of amides is 2. The molecule has 1 atom stereocenters. The number of carbonyl (C=O) groups is 5. The second kappa shape index (κ2) is 21.5. The van der Waals surface area contributed by atoms with E-state index in [9.17, 15) is 34.1 Å². The summed E-state index contributed by atoms with van der Waals surface area (Å²) in [6, 6.07) is 17.4. The topological polar surface area (TPSA) is 203 Å². The molecule has 2 aromatic carbocycles. The smallest absolute Gasteiger partial charge is 0.330 e. The molecule has 17 nitrogen and oxygen atoms in total. The molecule has 0 saturated carbocycles. The van der Waals surface area contributed by atoms with Gasteiger partial charge in [-0.3, -0.25) is 19.2 Å².